The number of amides is 2. The minimum atomic E-state index is -2.83. The maximum Gasteiger partial charge on any atom is 0.333 e. The molecule has 0 unspecified atom stereocenters. The number of thiazole rings is 1. The highest BCUT2D eigenvalue weighted by Crippen LogP contribution is 2.37. The molecule has 33 heavy (non-hydrogen) atoms. The standard InChI is InChI=1S/C20H19F2N7O2S2/c1-20(11-33-28(2)19(26-20)25-15(30)12-6-4-3-5-7-12)17-24-14(10-32-17)23-16(31)13-8-9-29(27-13)18(21)22/h3-10,18H,11H2,1-2H3,(H,23,31)(H,25,26,30)/t20-/m0/s1. The fourth-order valence-corrected chi connectivity index (χ4v) is 4.73. The topological polar surface area (TPSA) is 105 Å². The average Bonchev–Trinajstić information content (AvgIpc) is 3.47. The van der Waals surface area contributed by atoms with Crippen molar-refractivity contribution in [2.45, 2.75) is 19.0 Å². The van der Waals surface area contributed by atoms with Crippen molar-refractivity contribution in [2.24, 2.45) is 4.99 Å². The van der Waals surface area contributed by atoms with E-state index in [0.717, 1.165) is 6.20 Å². The second-order valence-electron chi connectivity index (χ2n) is 7.25. The van der Waals surface area contributed by atoms with Crippen LogP contribution in [0.15, 0.2) is 53.0 Å². The van der Waals surface area contributed by atoms with Crippen LogP contribution in [0.3, 0.4) is 0 Å². The van der Waals surface area contributed by atoms with E-state index in [9.17, 15) is 18.4 Å². The van der Waals surface area contributed by atoms with Crippen LogP contribution in [0.25, 0.3) is 0 Å². The van der Waals surface area contributed by atoms with E-state index in [1.807, 2.05) is 13.0 Å². The van der Waals surface area contributed by atoms with Crippen molar-refractivity contribution < 1.29 is 18.4 Å². The summed E-state index contributed by atoms with van der Waals surface area (Å²) < 4.78 is 27.5. The second kappa shape index (κ2) is 9.27. The molecular formula is C20H19F2N7O2S2. The predicted octanol–water partition coefficient (Wildman–Crippen LogP) is 3.58. The molecule has 4 rings (SSSR count). The molecule has 0 fully saturated rings. The summed E-state index contributed by atoms with van der Waals surface area (Å²) in [5.74, 6) is 0.297. The zero-order valence-electron chi connectivity index (χ0n) is 17.5. The van der Waals surface area contributed by atoms with E-state index in [2.05, 4.69) is 20.7 Å². The van der Waals surface area contributed by atoms with E-state index < -0.39 is 18.0 Å². The summed E-state index contributed by atoms with van der Waals surface area (Å²) in [5.41, 5.74) is -0.379. The van der Waals surface area contributed by atoms with E-state index >= 15 is 0 Å². The Kier molecular flexibility index (Phi) is 6.42. The first kappa shape index (κ1) is 22.9. The summed E-state index contributed by atoms with van der Waals surface area (Å²) in [6.07, 6.45) is 1.03. The van der Waals surface area contributed by atoms with E-state index in [1.165, 1.54) is 29.4 Å². The summed E-state index contributed by atoms with van der Waals surface area (Å²) in [4.78, 5) is 34.1. The van der Waals surface area contributed by atoms with Gasteiger partial charge in [0.2, 0.25) is 5.96 Å². The molecule has 0 aliphatic carbocycles. The average molecular weight is 492 g/mol. The van der Waals surface area contributed by atoms with Crippen LogP contribution in [0.1, 0.15) is 39.3 Å². The summed E-state index contributed by atoms with van der Waals surface area (Å²) in [5, 5.41) is 11.2. The molecule has 0 radical (unpaired) electrons. The third kappa shape index (κ3) is 5.03. The molecule has 13 heteroatoms. The highest BCUT2D eigenvalue weighted by molar-refractivity contribution is 7.97. The summed E-state index contributed by atoms with van der Waals surface area (Å²) >= 11 is 2.77. The maximum atomic E-state index is 12.7. The molecule has 1 aliphatic heterocycles. The number of halogens is 2. The Hall–Kier alpha value is -3.32. The molecular weight excluding hydrogens is 472 g/mol. The van der Waals surface area contributed by atoms with Crippen LogP contribution < -0.4 is 10.6 Å². The van der Waals surface area contributed by atoms with Crippen LogP contribution in [0, 0.1) is 0 Å². The molecule has 1 aliphatic rings. The first-order chi connectivity index (χ1) is 15.7. The van der Waals surface area contributed by atoms with Crippen molar-refractivity contribution >= 4 is 46.9 Å². The number of hydrogen-bond acceptors (Lipinski definition) is 8. The molecule has 0 spiro atoms. The van der Waals surface area contributed by atoms with Crippen molar-refractivity contribution in [3.8, 4) is 0 Å². The van der Waals surface area contributed by atoms with Crippen LogP contribution in [0.4, 0.5) is 14.6 Å². The molecule has 0 saturated carbocycles. The lowest BCUT2D eigenvalue weighted by Crippen LogP contribution is -2.45. The van der Waals surface area contributed by atoms with Crippen molar-refractivity contribution in [3.05, 3.63) is 64.2 Å². The number of nitrogens with zero attached hydrogens (tertiary/aromatic N) is 5. The van der Waals surface area contributed by atoms with Crippen LogP contribution in [-0.2, 0) is 5.54 Å². The first-order valence-corrected chi connectivity index (χ1v) is 11.5. The third-order valence-corrected chi connectivity index (χ3v) is 7.05. The monoisotopic (exact) mass is 491 g/mol. The van der Waals surface area contributed by atoms with Crippen LogP contribution in [-0.4, -0.2) is 49.6 Å². The van der Waals surface area contributed by atoms with Crippen molar-refractivity contribution in [3.63, 3.8) is 0 Å². The SMILES string of the molecule is CN1SC[C@@](C)(c2nc(NC(=O)c3ccn(C(F)F)n3)cs2)N=C1NC(=O)c1ccccc1. The quantitative estimate of drug-likeness (QED) is 0.529. The predicted molar refractivity (Wildman–Crippen MR) is 122 cm³/mol. The Bertz CT molecular complexity index is 1200. The van der Waals surface area contributed by atoms with Gasteiger partial charge in [-0.3, -0.25) is 19.2 Å². The van der Waals surface area contributed by atoms with Gasteiger partial charge in [-0.15, -0.1) is 11.3 Å². The lowest BCUT2D eigenvalue weighted by molar-refractivity contribution is 0.0561. The van der Waals surface area contributed by atoms with Gasteiger partial charge in [0, 0.05) is 29.9 Å². The highest BCUT2D eigenvalue weighted by atomic mass is 32.2. The molecule has 9 nitrogen and oxygen atoms in total. The largest absolute Gasteiger partial charge is 0.333 e. The van der Waals surface area contributed by atoms with Gasteiger partial charge in [0.1, 0.15) is 16.4 Å². The minimum absolute atomic E-state index is 0.144. The van der Waals surface area contributed by atoms with Gasteiger partial charge < -0.3 is 5.32 Å². The van der Waals surface area contributed by atoms with Crippen LogP contribution >= 0.6 is 23.3 Å². The van der Waals surface area contributed by atoms with E-state index in [1.54, 1.807) is 41.0 Å². The Balaban J connectivity index is 1.49. The minimum Gasteiger partial charge on any atom is -0.304 e. The van der Waals surface area contributed by atoms with Crippen molar-refractivity contribution in [2.75, 3.05) is 18.1 Å². The van der Waals surface area contributed by atoms with Gasteiger partial charge >= 0.3 is 6.55 Å². The number of carbonyl (C=O) groups is 2. The van der Waals surface area contributed by atoms with Gasteiger partial charge in [-0.2, -0.15) is 13.9 Å². The Morgan fingerprint density at radius 3 is 2.61 bits per heavy atom. The van der Waals surface area contributed by atoms with Gasteiger partial charge in [-0.05, 0) is 37.1 Å². The molecule has 1 atom stereocenters. The molecule has 3 heterocycles. The zero-order chi connectivity index (χ0) is 23.6. The van der Waals surface area contributed by atoms with Crippen LogP contribution in [0.5, 0.6) is 0 Å². The lowest BCUT2D eigenvalue weighted by Gasteiger charge is -2.33. The van der Waals surface area contributed by atoms with Gasteiger partial charge in [-0.1, -0.05) is 18.2 Å². The Morgan fingerprint density at radius 1 is 1.15 bits per heavy atom. The van der Waals surface area contributed by atoms with Crippen LogP contribution in [0.2, 0.25) is 0 Å². The molecule has 172 valence electrons. The molecule has 2 amide bonds. The molecule has 3 aromatic rings. The summed E-state index contributed by atoms with van der Waals surface area (Å²) in [6.45, 7) is -0.940. The number of alkyl halides is 2. The van der Waals surface area contributed by atoms with E-state index in [-0.39, 0.29) is 17.4 Å². The first-order valence-electron chi connectivity index (χ1n) is 9.69. The van der Waals surface area contributed by atoms with Gasteiger partial charge in [0.25, 0.3) is 11.8 Å². The number of aromatic nitrogens is 3. The number of guanidine groups is 1. The Morgan fingerprint density at radius 2 is 1.91 bits per heavy atom. The maximum absolute atomic E-state index is 12.7. The number of hydrogen-bond donors (Lipinski definition) is 2. The fraction of sp³-hybridized carbons (Fsp3) is 0.250. The number of carbonyl (C=O) groups excluding carboxylic acids is 2. The van der Waals surface area contributed by atoms with E-state index in [4.69, 9.17) is 4.99 Å². The molecule has 0 bridgehead atoms. The normalized spacial score (nSPS) is 18.2. The Labute approximate surface area is 196 Å². The molecule has 0 saturated heterocycles. The van der Waals surface area contributed by atoms with Crippen molar-refractivity contribution in [1.82, 2.24) is 24.4 Å². The fourth-order valence-electron chi connectivity index (χ4n) is 2.93. The highest BCUT2D eigenvalue weighted by Gasteiger charge is 2.36. The van der Waals surface area contributed by atoms with E-state index in [0.29, 0.717) is 27.0 Å². The van der Waals surface area contributed by atoms with Gasteiger partial charge in [-0.25, -0.2) is 14.7 Å². The molecule has 2 N–H and O–H groups in total. The molecule has 2 aromatic heterocycles. The zero-order valence-corrected chi connectivity index (χ0v) is 19.2. The number of anilines is 1. The van der Waals surface area contributed by atoms with Gasteiger partial charge in [0.15, 0.2) is 5.69 Å². The second-order valence-corrected chi connectivity index (χ2v) is 9.20. The van der Waals surface area contributed by atoms with Gasteiger partial charge in [0.05, 0.1) is 0 Å². The number of aliphatic imine (C=N–C) groups is 1. The summed E-state index contributed by atoms with van der Waals surface area (Å²) in [7, 11) is 1.81. The smallest absolute Gasteiger partial charge is 0.304 e. The summed E-state index contributed by atoms with van der Waals surface area (Å²) in [6, 6.07) is 10.0. The lowest BCUT2D eigenvalue weighted by atomic mass is 10.1. The number of rotatable bonds is 5. The number of benzene rings is 1. The third-order valence-electron chi connectivity index (χ3n) is 4.70. The van der Waals surface area contributed by atoms with Crippen molar-refractivity contribution in [1.29, 1.82) is 0 Å². The molecule has 1 aromatic carbocycles. The number of nitrogens with one attached hydrogen (secondary N) is 2.